The first kappa shape index (κ1) is 14.5. The Morgan fingerprint density at radius 2 is 2.10 bits per heavy atom. The van der Waals surface area contributed by atoms with Crippen LogP contribution in [0.25, 0.3) is 0 Å². The second-order valence-corrected chi connectivity index (χ2v) is 4.16. The van der Waals surface area contributed by atoms with Crippen molar-refractivity contribution < 1.29 is 9.53 Å². The molecule has 1 heterocycles. The van der Waals surface area contributed by atoms with Gasteiger partial charge in [-0.3, -0.25) is 9.89 Å². The van der Waals surface area contributed by atoms with Crippen molar-refractivity contribution in [2.45, 2.75) is 13.8 Å². The SMILES string of the molecule is CCOc1ccccc1N=Nc1c(C)[nH]n(C(N)=O)c1=O. The number of aromatic amines is 1. The standard InChI is InChI=1S/C13H15N5O3/c1-3-21-10-7-5-4-6-9(10)15-16-11-8(2)17-18(12(11)19)13(14)20/h4-7,17H,3H2,1-2H3,(H2,14,20). The van der Waals surface area contributed by atoms with E-state index in [4.69, 9.17) is 10.5 Å². The lowest BCUT2D eigenvalue weighted by Crippen LogP contribution is -2.29. The molecule has 1 aromatic heterocycles. The Morgan fingerprint density at radius 1 is 1.38 bits per heavy atom. The Balaban J connectivity index is 2.39. The van der Waals surface area contributed by atoms with Gasteiger partial charge in [0, 0.05) is 0 Å². The number of nitrogens with zero attached hydrogens (tertiary/aromatic N) is 3. The summed E-state index contributed by atoms with van der Waals surface area (Å²) >= 11 is 0. The summed E-state index contributed by atoms with van der Waals surface area (Å²) in [6, 6.07) is 6.15. The predicted molar refractivity (Wildman–Crippen MR) is 76.6 cm³/mol. The molecular formula is C13H15N5O3. The molecule has 3 N–H and O–H groups in total. The maximum absolute atomic E-state index is 11.9. The number of nitrogens with one attached hydrogen (secondary N) is 1. The quantitative estimate of drug-likeness (QED) is 0.841. The van der Waals surface area contributed by atoms with Gasteiger partial charge >= 0.3 is 11.6 Å². The van der Waals surface area contributed by atoms with Crippen molar-refractivity contribution in [3.05, 3.63) is 40.3 Å². The third-order valence-corrected chi connectivity index (χ3v) is 2.68. The second-order valence-electron chi connectivity index (χ2n) is 4.16. The van der Waals surface area contributed by atoms with E-state index < -0.39 is 11.6 Å². The lowest BCUT2D eigenvalue weighted by atomic mass is 10.3. The number of primary amides is 1. The molecule has 1 aromatic carbocycles. The molecular weight excluding hydrogens is 274 g/mol. The normalized spacial score (nSPS) is 11.0. The average Bonchev–Trinajstić information content (AvgIpc) is 2.74. The minimum Gasteiger partial charge on any atom is -0.492 e. The first-order valence-electron chi connectivity index (χ1n) is 6.29. The Morgan fingerprint density at radius 3 is 2.71 bits per heavy atom. The zero-order valence-corrected chi connectivity index (χ0v) is 11.7. The predicted octanol–water partition coefficient (Wildman–Crippen LogP) is 2.23. The van der Waals surface area contributed by atoms with Gasteiger partial charge in [-0.1, -0.05) is 12.1 Å². The van der Waals surface area contributed by atoms with Crippen LogP contribution in [0.5, 0.6) is 5.75 Å². The largest absolute Gasteiger partial charge is 0.492 e. The van der Waals surface area contributed by atoms with Gasteiger partial charge in [0.1, 0.15) is 11.4 Å². The number of benzene rings is 1. The van der Waals surface area contributed by atoms with Gasteiger partial charge in [0.15, 0.2) is 5.69 Å². The monoisotopic (exact) mass is 289 g/mol. The number of rotatable bonds is 4. The number of hydrogen-bond donors (Lipinski definition) is 2. The average molecular weight is 289 g/mol. The zero-order valence-electron chi connectivity index (χ0n) is 11.7. The Hall–Kier alpha value is -2.90. The van der Waals surface area contributed by atoms with E-state index in [-0.39, 0.29) is 5.69 Å². The number of hydrogen-bond acceptors (Lipinski definition) is 5. The number of aryl methyl sites for hydroxylation is 1. The molecule has 0 saturated heterocycles. The number of ether oxygens (including phenoxy) is 1. The van der Waals surface area contributed by atoms with Gasteiger partial charge in [0.25, 0.3) is 0 Å². The van der Waals surface area contributed by atoms with Crippen LogP contribution in [-0.4, -0.2) is 22.4 Å². The number of nitrogens with two attached hydrogens (primary N) is 1. The molecule has 0 spiro atoms. The smallest absolute Gasteiger partial charge is 0.341 e. The number of amides is 1. The van der Waals surface area contributed by atoms with Gasteiger partial charge in [-0.25, -0.2) is 4.79 Å². The molecule has 110 valence electrons. The van der Waals surface area contributed by atoms with E-state index in [2.05, 4.69) is 15.3 Å². The molecule has 0 aliphatic heterocycles. The number of H-pyrrole nitrogens is 1. The lowest BCUT2D eigenvalue weighted by Gasteiger charge is -2.04. The minimum atomic E-state index is -0.903. The van der Waals surface area contributed by atoms with Gasteiger partial charge in [0.2, 0.25) is 0 Å². The van der Waals surface area contributed by atoms with Crippen LogP contribution >= 0.6 is 0 Å². The Labute approximate surface area is 120 Å². The van der Waals surface area contributed by atoms with Gasteiger partial charge in [-0.15, -0.1) is 10.2 Å². The van der Waals surface area contributed by atoms with E-state index in [1.54, 1.807) is 25.1 Å². The first-order chi connectivity index (χ1) is 10.0. The molecule has 0 aliphatic rings. The fraction of sp³-hybridized carbons (Fsp3) is 0.231. The summed E-state index contributed by atoms with van der Waals surface area (Å²) in [5.74, 6) is 0.562. The van der Waals surface area contributed by atoms with E-state index in [0.717, 1.165) is 0 Å². The number of carbonyl (C=O) groups is 1. The minimum absolute atomic E-state index is 0.0279. The fourth-order valence-electron chi connectivity index (χ4n) is 1.73. The zero-order chi connectivity index (χ0) is 15.4. The van der Waals surface area contributed by atoms with Crippen LogP contribution in [0.2, 0.25) is 0 Å². The highest BCUT2D eigenvalue weighted by Crippen LogP contribution is 2.28. The van der Waals surface area contributed by atoms with Crippen LogP contribution in [0.3, 0.4) is 0 Å². The summed E-state index contributed by atoms with van der Waals surface area (Å²) in [6.07, 6.45) is 0. The molecule has 21 heavy (non-hydrogen) atoms. The Bertz CT molecular complexity index is 745. The van der Waals surface area contributed by atoms with Gasteiger partial charge in [0.05, 0.1) is 12.3 Å². The molecule has 1 amide bonds. The van der Waals surface area contributed by atoms with E-state index in [9.17, 15) is 9.59 Å². The molecule has 2 aromatic rings. The molecule has 0 unspecified atom stereocenters. The van der Waals surface area contributed by atoms with E-state index in [0.29, 0.717) is 28.4 Å². The van der Waals surface area contributed by atoms with Crippen molar-refractivity contribution in [3.63, 3.8) is 0 Å². The molecule has 0 radical (unpaired) electrons. The summed E-state index contributed by atoms with van der Waals surface area (Å²) in [7, 11) is 0. The van der Waals surface area contributed by atoms with Crippen LogP contribution in [0, 0.1) is 6.92 Å². The number of carbonyl (C=O) groups excluding carboxylic acids is 1. The van der Waals surface area contributed by atoms with Gasteiger partial charge in [-0.05, 0) is 26.0 Å². The van der Waals surface area contributed by atoms with Crippen molar-refractivity contribution in [2.75, 3.05) is 6.61 Å². The first-order valence-corrected chi connectivity index (χ1v) is 6.29. The second kappa shape index (κ2) is 6.04. The van der Waals surface area contributed by atoms with Gasteiger partial charge < -0.3 is 10.5 Å². The van der Waals surface area contributed by atoms with Crippen LogP contribution in [0.1, 0.15) is 12.6 Å². The Kier molecular flexibility index (Phi) is 4.17. The molecule has 0 aliphatic carbocycles. The summed E-state index contributed by atoms with van der Waals surface area (Å²) in [4.78, 5) is 23.0. The summed E-state index contributed by atoms with van der Waals surface area (Å²) in [5.41, 5.74) is 5.35. The van der Waals surface area contributed by atoms with Crippen LogP contribution in [0.15, 0.2) is 39.3 Å². The maximum Gasteiger partial charge on any atom is 0.341 e. The molecule has 8 nitrogen and oxygen atoms in total. The number of para-hydroxylation sites is 1. The highest BCUT2D eigenvalue weighted by Gasteiger charge is 2.13. The van der Waals surface area contributed by atoms with Gasteiger partial charge in [-0.2, -0.15) is 4.68 Å². The topological polar surface area (TPSA) is 115 Å². The maximum atomic E-state index is 11.9. The highest BCUT2D eigenvalue weighted by molar-refractivity contribution is 5.74. The summed E-state index contributed by atoms with van der Waals surface area (Å²) in [5, 5.41) is 10.4. The molecule has 0 fully saturated rings. The van der Waals surface area contributed by atoms with E-state index >= 15 is 0 Å². The lowest BCUT2D eigenvalue weighted by molar-refractivity contribution is 0.247. The number of aromatic nitrogens is 2. The molecule has 0 saturated carbocycles. The van der Waals surface area contributed by atoms with Crippen LogP contribution < -0.4 is 16.0 Å². The third-order valence-electron chi connectivity index (χ3n) is 2.68. The number of azo groups is 1. The molecule has 0 bridgehead atoms. The summed E-state index contributed by atoms with van der Waals surface area (Å²) < 4.78 is 6.09. The fourth-order valence-corrected chi connectivity index (χ4v) is 1.73. The van der Waals surface area contributed by atoms with E-state index in [1.807, 2.05) is 13.0 Å². The highest BCUT2D eigenvalue weighted by atomic mass is 16.5. The molecule has 8 heteroatoms. The van der Waals surface area contributed by atoms with Crippen molar-refractivity contribution in [1.82, 2.24) is 9.78 Å². The van der Waals surface area contributed by atoms with E-state index in [1.165, 1.54) is 0 Å². The molecule has 2 rings (SSSR count). The molecule has 0 atom stereocenters. The van der Waals surface area contributed by atoms with Crippen molar-refractivity contribution >= 4 is 17.4 Å². The van der Waals surface area contributed by atoms with Crippen LogP contribution in [0.4, 0.5) is 16.2 Å². The summed E-state index contributed by atoms with van der Waals surface area (Å²) in [6.45, 7) is 3.95. The van der Waals surface area contributed by atoms with Crippen LogP contribution in [-0.2, 0) is 0 Å². The third kappa shape index (κ3) is 2.99. The van der Waals surface area contributed by atoms with Crippen molar-refractivity contribution in [3.8, 4) is 5.75 Å². The van der Waals surface area contributed by atoms with Crippen molar-refractivity contribution in [1.29, 1.82) is 0 Å². The van der Waals surface area contributed by atoms with Crippen molar-refractivity contribution in [2.24, 2.45) is 16.0 Å².